The summed E-state index contributed by atoms with van der Waals surface area (Å²) in [5, 5.41) is 14.8. The number of hydrogen-bond acceptors (Lipinski definition) is 5. The normalized spacial score (nSPS) is 16.0. The molecule has 1 aromatic carbocycles. The van der Waals surface area contributed by atoms with Crippen LogP contribution in [-0.2, 0) is 20.0 Å². The molecule has 3 heterocycles. The van der Waals surface area contributed by atoms with Crippen LogP contribution in [0.1, 0.15) is 57.9 Å². The Kier molecular flexibility index (Phi) is 5.62. The number of aromatic nitrogens is 4. The molecule has 0 saturated heterocycles. The molecule has 0 unspecified atom stereocenters. The van der Waals surface area contributed by atoms with Gasteiger partial charge in [0, 0.05) is 42.9 Å². The van der Waals surface area contributed by atoms with Crippen molar-refractivity contribution < 1.29 is 14.3 Å². The van der Waals surface area contributed by atoms with E-state index >= 15 is 0 Å². The third-order valence-corrected chi connectivity index (χ3v) is 6.63. The summed E-state index contributed by atoms with van der Waals surface area (Å²) in [7, 11) is 3.47. The first-order valence-electron chi connectivity index (χ1n) is 11.4. The molecule has 2 aromatic heterocycles. The van der Waals surface area contributed by atoms with Gasteiger partial charge in [0.05, 0.1) is 19.3 Å². The van der Waals surface area contributed by atoms with Gasteiger partial charge in [0.25, 0.3) is 11.8 Å². The molecule has 1 fully saturated rings. The van der Waals surface area contributed by atoms with E-state index < -0.39 is 0 Å². The molecule has 3 aromatic rings. The number of nitrogens with zero attached hydrogens (tertiary/aromatic N) is 4. The van der Waals surface area contributed by atoms with Gasteiger partial charge in [-0.15, -0.1) is 0 Å². The van der Waals surface area contributed by atoms with Gasteiger partial charge < -0.3 is 15.0 Å². The van der Waals surface area contributed by atoms with Crippen molar-refractivity contribution in [3.8, 4) is 17.0 Å². The van der Waals surface area contributed by atoms with E-state index in [0.717, 1.165) is 42.5 Å². The van der Waals surface area contributed by atoms with E-state index in [-0.39, 0.29) is 17.9 Å². The Bertz CT molecular complexity index is 1190. The standard InChI is InChI=1S/C24H28N6O3/c1-29-20-11-12-30(14-17(20)22(28-29)23(31)25-15-7-3-4-8-15)24(32)19-13-18(26-27-19)16-9-5-6-10-21(16)33-2/h5-6,9-10,13,15H,3-4,7-8,11-12,14H2,1-2H3,(H,25,31)(H,26,27). The van der Waals surface area contributed by atoms with Gasteiger partial charge in [0.1, 0.15) is 11.4 Å². The van der Waals surface area contributed by atoms with Crippen LogP contribution in [-0.4, -0.2) is 56.4 Å². The number of para-hydroxylation sites is 1. The average Bonchev–Trinajstić information content (AvgIpc) is 3.59. The Hall–Kier alpha value is -3.62. The maximum absolute atomic E-state index is 13.3. The summed E-state index contributed by atoms with van der Waals surface area (Å²) < 4.78 is 7.19. The number of carbonyl (C=O) groups is 2. The zero-order valence-corrected chi connectivity index (χ0v) is 18.9. The molecule has 0 radical (unpaired) electrons. The molecule has 2 N–H and O–H groups in total. The summed E-state index contributed by atoms with van der Waals surface area (Å²) in [5.41, 5.74) is 4.13. The number of aromatic amines is 1. The number of methoxy groups -OCH3 is 1. The monoisotopic (exact) mass is 448 g/mol. The highest BCUT2D eigenvalue weighted by Crippen LogP contribution is 2.29. The van der Waals surface area contributed by atoms with E-state index in [1.807, 2.05) is 31.3 Å². The van der Waals surface area contributed by atoms with Crippen LogP contribution in [0.3, 0.4) is 0 Å². The Labute approximate surface area is 192 Å². The van der Waals surface area contributed by atoms with E-state index in [1.54, 1.807) is 22.8 Å². The lowest BCUT2D eigenvalue weighted by molar-refractivity contribution is 0.0724. The van der Waals surface area contributed by atoms with Gasteiger partial charge in [-0.1, -0.05) is 25.0 Å². The fourth-order valence-electron chi connectivity index (χ4n) is 4.87. The number of ether oxygens (including phenoxy) is 1. The molecule has 2 aliphatic rings. The highest BCUT2D eigenvalue weighted by molar-refractivity contribution is 5.96. The first-order valence-corrected chi connectivity index (χ1v) is 11.4. The van der Waals surface area contributed by atoms with Gasteiger partial charge in [0.2, 0.25) is 0 Å². The van der Waals surface area contributed by atoms with Crippen molar-refractivity contribution in [2.75, 3.05) is 13.7 Å². The van der Waals surface area contributed by atoms with Crippen LogP contribution in [0.15, 0.2) is 30.3 Å². The summed E-state index contributed by atoms with van der Waals surface area (Å²) in [4.78, 5) is 28.0. The fourth-order valence-corrected chi connectivity index (χ4v) is 4.87. The second-order valence-electron chi connectivity index (χ2n) is 8.70. The van der Waals surface area contributed by atoms with Crippen molar-refractivity contribution in [3.05, 3.63) is 53.0 Å². The molecule has 5 rings (SSSR count). The SMILES string of the molecule is COc1ccccc1-c1cc(C(=O)N2CCc3c(c(C(=O)NC4CCCC4)nn3C)C2)[nH]n1. The van der Waals surface area contributed by atoms with E-state index in [9.17, 15) is 9.59 Å². The van der Waals surface area contributed by atoms with Crippen LogP contribution in [0, 0.1) is 0 Å². The van der Waals surface area contributed by atoms with Crippen LogP contribution in [0.2, 0.25) is 0 Å². The predicted molar refractivity (Wildman–Crippen MR) is 122 cm³/mol. The molecule has 33 heavy (non-hydrogen) atoms. The molecule has 9 heteroatoms. The van der Waals surface area contributed by atoms with Gasteiger partial charge in [-0.2, -0.15) is 10.2 Å². The van der Waals surface area contributed by atoms with E-state index in [4.69, 9.17) is 4.74 Å². The van der Waals surface area contributed by atoms with Crippen molar-refractivity contribution in [1.29, 1.82) is 0 Å². The Balaban J connectivity index is 1.35. The summed E-state index contributed by atoms with van der Waals surface area (Å²) in [6, 6.07) is 9.52. The third kappa shape index (κ3) is 3.99. The minimum Gasteiger partial charge on any atom is -0.496 e. The fraction of sp³-hybridized carbons (Fsp3) is 0.417. The molecule has 2 amide bonds. The first-order chi connectivity index (χ1) is 16.0. The Morgan fingerprint density at radius 2 is 2.00 bits per heavy atom. The summed E-state index contributed by atoms with van der Waals surface area (Å²) in [6.45, 7) is 0.899. The number of carbonyl (C=O) groups excluding carboxylic acids is 2. The molecular formula is C24H28N6O3. The van der Waals surface area contributed by atoms with E-state index in [0.29, 0.717) is 42.3 Å². The summed E-state index contributed by atoms with van der Waals surface area (Å²) >= 11 is 0. The number of benzene rings is 1. The van der Waals surface area contributed by atoms with Gasteiger partial charge in [0.15, 0.2) is 5.69 Å². The lowest BCUT2D eigenvalue weighted by Gasteiger charge is -2.27. The summed E-state index contributed by atoms with van der Waals surface area (Å²) in [6.07, 6.45) is 4.97. The highest BCUT2D eigenvalue weighted by Gasteiger charge is 2.31. The predicted octanol–water partition coefficient (Wildman–Crippen LogP) is 2.69. The van der Waals surface area contributed by atoms with Crippen LogP contribution in [0.5, 0.6) is 5.75 Å². The average molecular weight is 449 g/mol. The minimum absolute atomic E-state index is 0.145. The number of amides is 2. The van der Waals surface area contributed by atoms with Gasteiger partial charge >= 0.3 is 0 Å². The highest BCUT2D eigenvalue weighted by atomic mass is 16.5. The number of rotatable bonds is 5. The Morgan fingerprint density at radius 1 is 1.21 bits per heavy atom. The zero-order chi connectivity index (χ0) is 22.9. The second kappa shape index (κ2) is 8.73. The van der Waals surface area contributed by atoms with Crippen molar-refractivity contribution in [2.45, 2.75) is 44.7 Å². The van der Waals surface area contributed by atoms with Gasteiger partial charge in [-0.25, -0.2) is 0 Å². The minimum atomic E-state index is -0.152. The largest absolute Gasteiger partial charge is 0.496 e. The molecule has 9 nitrogen and oxygen atoms in total. The quantitative estimate of drug-likeness (QED) is 0.624. The molecule has 0 bridgehead atoms. The molecular weight excluding hydrogens is 420 g/mol. The van der Waals surface area contributed by atoms with Crippen molar-refractivity contribution in [1.82, 2.24) is 30.2 Å². The van der Waals surface area contributed by atoms with Crippen LogP contribution in [0.25, 0.3) is 11.3 Å². The lowest BCUT2D eigenvalue weighted by Crippen LogP contribution is -2.38. The maximum atomic E-state index is 13.3. The van der Waals surface area contributed by atoms with Crippen LogP contribution >= 0.6 is 0 Å². The lowest BCUT2D eigenvalue weighted by atomic mass is 10.0. The number of H-pyrrole nitrogens is 1. The van der Waals surface area contributed by atoms with Crippen molar-refractivity contribution in [2.24, 2.45) is 7.05 Å². The second-order valence-corrected chi connectivity index (χ2v) is 8.70. The zero-order valence-electron chi connectivity index (χ0n) is 18.9. The van der Waals surface area contributed by atoms with Crippen LogP contribution < -0.4 is 10.1 Å². The maximum Gasteiger partial charge on any atom is 0.272 e. The first kappa shape index (κ1) is 21.2. The van der Waals surface area contributed by atoms with Gasteiger partial charge in [-0.05, 0) is 31.0 Å². The molecule has 0 spiro atoms. The number of hydrogen-bond donors (Lipinski definition) is 2. The molecule has 0 atom stereocenters. The summed E-state index contributed by atoms with van der Waals surface area (Å²) in [5.74, 6) is 0.396. The third-order valence-electron chi connectivity index (χ3n) is 6.63. The number of fused-ring (bicyclic) bond motifs is 1. The van der Waals surface area contributed by atoms with E-state index in [1.165, 1.54) is 0 Å². The topological polar surface area (TPSA) is 105 Å². The van der Waals surface area contributed by atoms with Gasteiger partial charge in [-0.3, -0.25) is 19.4 Å². The number of nitrogens with one attached hydrogen (secondary N) is 2. The number of aryl methyl sites for hydroxylation is 1. The van der Waals surface area contributed by atoms with Crippen LogP contribution in [0.4, 0.5) is 0 Å². The molecule has 1 saturated carbocycles. The van der Waals surface area contributed by atoms with Crippen molar-refractivity contribution in [3.63, 3.8) is 0 Å². The van der Waals surface area contributed by atoms with E-state index in [2.05, 4.69) is 20.6 Å². The molecule has 172 valence electrons. The molecule has 1 aliphatic carbocycles. The Morgan fingerprint density at radius 3 is 2.79 bits per heavy atom. The van der Waals surface area contributed by atoms with Crippen molar-refractivity contribution >= 4 is 11.8 Å². The smallest absolute Gasteiger partial charge is 0.272 e. The molecule has 1 aliphatic heterocycles.